The molecule has 10 heteroatoms. The summed E-state index contributed by atoms with van der Waals surface area (Å²) in [6.45, 7) is 0.122. The summed E-state index contributed by atoms with van der Waals surface area (Å²) in [6, 6.07) is 5.95. The standard InChI is InChI=1S/C9H10N6O3S/c10-19(17,18)7-3-1-2-6(4-7)5-11-9(16)8-12-14-15-13-8/h1-4H,5H2,(H,11,16)(H2,10,17,18)(H,12,13,14,15). The number of hydrogen-bond donors (Lipinski definition) is 3. The zero-order valence-electron chi connectivity index (χ0n) is 9.57. The Morgan fingerprint density at radius 2 is 2.21 bits per heavy atom. The molecule has 0 fully saturated rings. The fourth-order valence-corrected chi connectivity index (χ4v) is 1.94. The van der Waals surface area contributed by atoms with Crippen LogP contribution in [0.4, 0.5) is 0 Å². The molecule has 0 bridgehead atoms. The van der Waals surface area contributed by atoms with E-state index < -0.39 is 15.9 Å². The third-order valence-electron chi connectivity index (χ3n) is 2.23. The predicted molar refractivity (Wildman–Crippen MR) is 63.2 cm³/mol. The highest BCUT2D eigenvalue weighted by Gasteiger charge is 2.11. The summed E-state index contributed by atoms with van der Waals surface area (Å²) in [6.07, 6.45) is 0. The lowest BCUT2D eigenvalue weighted by Gasteiger charge is -2.04. The van der Waals surface area contributed by atoms with Crippen LogP contribution in [0.3, 0.4) is 0 Å². The van der Waals surface area contributed by atoms with Crippen molar-refractivity contribution in [3.8, 4) is 0 Å². The van der Waals surface area contributed by atoms with Crippen molar-refractivity contribution in [3.63, 3.8) is 0 Å². The van der Waals surface area contributed by atoms with Crippen LogP contribution in [0.2, 0.25) is 0 Å². The fourth-order valence-electron chi connectivity index (χ4n) is 1.35. The van der Waals surface area contributed by atoms with Crippen LogP contribution in [0.1, 0.15) is 16.2 Å². The molecule has 0 aliphatic carbocycles. The first-order chi connectivity index (χ1) is 8.97. The Morgan fingerprint density at radius 1 is 1.42 bits per heavy atom. The highest BCUT2D eigenvalue weighted by Crippen LogP contribution is 2.09. The summed E-state index contributed by atoms with van der Waals surface area (Å²) >= 11 is 0. The number of rotatable bonds is 4. The maximum atomic E-state index is 11.5. The van der Waals surface area contributed by atoms with Gasteiger partial charge in [0.25, 0.3) is 11.7 Å². The molecule has 19 heavy (non-hydrogen) atoms. The molecule has 0 spiro atoms. The number of H-pyrrole nitrogens is 1. The van der Waals surface area contributed by atoms with Crippen molar-refractivity contribution in [1.29, 1.82) is 0 Å². The van der Waals surface area contributed by atoms with Gasteiger partial charge >= 0.3 is 0 Å². The molecule has 0 unspecified atom stereocenters. The van der Waals surface area contributed by atoms with E-state index in [2.05, 4.69) is 25.9 Å². The third-order valence-corrected chi connectivity index (χ3v) is 3.14. The number of nitrogens with one attached hydrogen (secondary N) is 2. The lowest BCUT2D eigenvalue weighted by Crippen LogP contribution is -2.24. The second-order valence-corrected chi connectivity index (χ2v) is 5.17. The third kappa shape index (κ3) is 3.33. The molecule has 0 aliphatic rings. The largest absolute Gasteiger partial charge is 0.345 e. The van der Waals surface area contributed by atoms with Gasteiger partial charge in [-0.3, -0.25) is 4.79 Å². The number of amides is 1. The monoisotopic (exact) mass is 282 g/mol. The number of benzene rings is 1. The van der Waals surface area contributed by atoms with Crippen LogP contribution in [-0.4, -0.2) is 34.9 Å². The average Bonchev–Trinajstić information content (AvgIpc) is 2.89. The van der Waals surface area contributed by atoms with E-state index in [4.69, 9.17) is 5.14 Å². The topological polar surface area (TPSA) is 144 Å². The lowest BCUT2D eigenvalue weighted by molar-refractivity contribution is 0.0940. The van der Waals surface area contributed by atoms with E-state index in [1.807, 2.05) is 0 Å². The summed E-state index contributed by atoms with van der Waals surface area (Å²) in [5.74, 6) is -0.614. The number of carbonyl (C=O) groups is 1. The van der Waals surface area contributed by atoms with E-state index in [1.165, 1.54) is 18.2 Å². The summed E-state index contributed by atoms with van der Waals surface area (Å²) in [7, 11) is -3.76. The summed E-state index contributed by atoms with van der Waals surface area (Å²) < 4.78 is 22.3. The number of aromatic nitrogens is 4. The molecule has 1 aromatic carbocycles. The summed E-state index contributed by atoms with van der Waals surface area (Å²) in [5.41, 5.74) is 0.586. The highest BCUT2D eigenvalue weighted by molar-refractivity contribution is 7.89. The summed E-state index contributed by atoms with van der Waals surface area (Å²) in [5, 5.41) is 20.0. The van der Waals surface area contributed by atoms with Crippen LogP contribution in [0, 0.1) is 0 Å². The van der Waals surface area contributed by atoms with Gasteiger partial charge in [0.05, 0.1) is 4.90 Å². The van der Waals surface area contributed by atoms with Crippen LogP contribution in [0.15, 0.2) is 29.2 Å². The maximum absolute atomic E-state index is 11.5. The number of aromatic amines is 1. The fraction of sp³-hybridized carbons (Fsp3) is 0.111. The summed E-state index contributed by atoms with van der Waals surface area (Å²) in [4.78, 5) is 11.5. The zero-order chi connectivity index (χ0) is 13.9. The molecular formula is C9H10N6O3S. The van der Waals surface area contributed by atoms with Crippen LogP contribution >= 0.6 is 0 Å². The lowest BCUT2D eigenvalue weighted by atomic mass is 10.2. The number of primary sulfonamides is 1. The molecule has 0 atom stereocenters. The number of tetrazole rings is 1. The molecule has 2 rings (SSSR count). The van der Waals surface area contributed by atoms with E-state index in [-0.39, 0.29) is 17.3 Å². The second kappa shape index (κ2) is 5.12. The van der Waals surface area contributed by atoms with Gasteiger partial charge in [0.1, 0.15) is 0 Å². The van der Waals surface area contributed by atoms with Gasteiger partial charge in [-0.05, 0) is 22.9 Å². The Morgan fingerprint density at radius 3 is 2.84 bits per heavy atom. The first kappa shape index (κ1) is 13.1. The quantitative estimate of drug-likeness (QED) is 0.641. The van der Waals surface area contributed by atoms with Crippen molar-refractivity contribution in [2.45, 2.75) is 11.4 Å². The van der Waals surface area contributed by atoms with Gasteiger partial charge in [-0.15, -0.1) is 10.2 Å². The van der Waals surface area contributed by atoms with E-state index in [9.17, 15) is 13.2 Å². The maximum Gasteiger partial charge on any atom is 0.293 e. The van der Waals surface area contributed by atoms with Gasteiger partial charge in [-0.25, -0.2) is 13.6 Å². The second-order valence-electron chi connectivity index (χ2n) is 3.61. The van der Waals surface area contributed by atoms with Gasteiger partial charge in [0.2, 0.25) is 10.0 Å². The molecule has 1 amide bonds. The van der Waals surface area contributed by atoms with Crippen molar-refractivity contribution in [2.75, 3.05) is 0 Å². The van der Waals surface area contributed by atoms with Crippen LogP contribution in [0.25, 0.3) is 0 Å². The van der Waals surface area contributed by atoms with E-state index in [0.29, 0.717) is 5.56 Å². The Bertz CT molecular complexity index is 682. The van der Waals surface area contributed by atoms with Gasteiger partial charge in [0.15, 0.2) is 0 Å². The Balaban J connectivity index is 2.06. The average molecular weight is 282 g/mol. The number of hydrogen-bond acceptors (Lipinski definition) is 6. The normalized spacial score (nSPS) is 11.2. The molecule has 9 nitrogen and oxygen atoms in total. The molecule has 0 saturated heterocycles. The van der Waals surface area contributed by atoms with Gasteiger partial charge < -0.3 is 5.32 Å². The molecule has 1 aromatic heterocycles. The van der Waals surface area contributed by atoms with Crippen molar-refractivity contribution >= 4 is 15.9 Å². The molecular weight excluding hydrogens is 272 g/mol. The van der Waals surface area contributed by atoms with E-state index in [0.717, 1.165) is 0 Å². The molecule has 100 valence electrons. The minimum absolute atomic E-state index is 0.0150. The molecule has 0 aliphatic heterocycles. The van der Waals surface area contributed by atoms with Crippen LogP contribution in [-0.2, 0) is 16.6 Å². The minimum Gasteiger partial charge on any atom is -0.345 e. The highest BCUT2D eigenvalue weighted by atomic mass is 32.2. The number of carbonyl (C=O) groups excluding carboxylic acids is 1. The van der Waals surface area contributed by atoms with Crippen molar-refractivity contribution in [3.05, 3.63) is 35.7 Å². The Labute approximate surface area is 108 Å². The molecule has 4 N–H and O–H groups in total. The van der Waals surface area contributed by atoms with E-state index in [1.54, 1.807) is 6.07 Å². The predicted octanol–water partition coefficient (Wildman–Crippen LogP) is -1.22. The Hall–Kier alpha value is -2.33. The van der Waals surface area contributed by atoms with E-state index >= 15 is 0 Å². The molecule has 0 saturated carbocycles. The Kier molecular flexibility index (Phi) is 3.53. The zero-order valence-corrected chi connectivity index (χ0v) is 10.4. The van der Waals surface area contributed by atoms with Gasteiger partial charge in [-0.2, -0.15) is 5.21 Å². The van der Waals surface area contributed by atoms with Crippen molar-refractivity contribution in [2.24, 2.45) is 5.14 Å². The van der Waals surface area contributed by atoms with Crippen molar-refractivity contribution in [1.82, 2.24) is 25.9 Å². The number of sulfonamides is 1. The van der Waals surface area contributed by atoms with Crippen molar-refractivity contribution < 1.29 is 13.2 Å². The smallest absolute Gasteiger partial charge is 0.293 e. The van der Waals surface area contributed by atoms with Gasteiger partial charge in [-0.1, -0.05) is 12.1 Å². The van der Waals surface area contributed by atoms with Crippen LogP contribution in [0.5, 0.6) is 0 Å². The molecule has 2 aromatic rings. The van der Waals surface area contributed by atoms with Gasteiger partial charge in [0, 0.05) is 6.54 Å². The SMILES string of the molecule is NS(=O)(=O)c1cccc(CNC(=O)c2nn[nH]n2)c1. The number of nitrogens with two attached hydrogens (primary N) is 1. The molecule has 1 heterocycles. The first-order valence-electron chi connectivity index (χ1n) is 5.10. The number of nitrogens with zero attached hydrogens (tertiary/aromatic N) is 3. The molecule has 0 radical (unpaired) electrons. The van der Waals surface area contributed by atoms with Crippen LogP contribution < -0.4 is 10.5 Å². The minimum atomic E-state index is -3.76. The first-order valence-corrected chi connectivity index (χ1v) is 6.65.